The quantitative estimate of drug-likeness (QED) is 0.789. The van der Waals surface area contributed by atoms with Crippen molar-refractivity contribution < 1.29 is 4.79 Å². The number of nitrogens with one attached hydrogen (secondary N) is 1. The molecule has 0 radical (unpaired) electrons. The number of nitrogens with zero attached hydrogens (tertiary/aromatic N) is 1. The number of nitrogen functional groups attached to an aromatic ring is 1. The molecule has 1 aromatic rings. The molecule has 0 spiro atoms. The Balaban J connectivity index is 2.64. The molecular formula is C14H22BrN3O. The van der Waals surface area contributed by atoms with Gasteiger partial charge in [0.15, 0.2) is 0 Å². The first-order valence-corrected chi connectivity index (χ1v) is 7.35. The number of anilines is 1. The lowest BCUT2D eigenvalue weighted by Crippen LogP contribution is -2.35. The number of hydrogen-bond donors (Lipinski definition) is 2. The fourth-order valence-corrected chi connectivity index (χ4v) is 2.48. The van der Waals surface area contributed by atoms with Crippen LogP contribution < -0.4 is 11.1 Å². The fourth-order valence-electron chi connectivity index (χ4n) is 1.90. The molecule has 0 aliphatic heterocycles. The van der Waals surface area contributed by atoms with Gasteiger partial charge in [0.1, 0.15) is 0 Å². The number of halogens is 1. The van der Waals surface area contributed by atoms with Crippen LogP contribution in [0.5, 0.6) is 0 Å². The molecule has 0 fully saturated rings. The summed E-state index contributed by atoms with van der Waals surface area (Å²) in [5, 5.41) is 2.91. The van der Waals surface area contributed by atoms with Gasteiger partial charge in [-0.2, -0.15) is 0 Å². The van der Waals surface area contributed by atoms with Crippen molar-refractivity contribution in [2.45, 2.75) is 20.8 Å². The summed E-state index contributed by atoms with van der Waals surface area (Å²) in [5.74, 6) is -0.117. The van der Waals surface area contributed by atoms with Crippen LogP contribution in [0, 0.1) is 6.92 Å². The molecule has 0 unspecified atom stereocenters. The van der Waals surface area contributed by atoms with Crippen molar-refractivity contribution in [1.29, 1.82) is 0 Å². The van der Waals surface area contributed by atoms with E-state index in [1.165, 1.54) is 0 Å². The molecule has 1 rings (SSSR count). The molecule has 19 heavy (non-hydrogen) atoms. The Morgan fingerprint density at radius 2 is 2.00 bits per heavy atom. The van der Waals surface area contributed by atoms with Gasteiger partial charge < -0.3 is 16.0 Å². The zero-order valence-corrected chi connectivity index (χ0v) is 13.4. The van der Waals surface area contributed by atoms with Crippen LogP contribution >= 0.6 is 15.9 Å². The highest BCUT2D eigenvalue weighted by atomic mass is 79.9. The number of likely N-dealkylation sites (N-methyl/N-ethyl adjacent to an activating group) is 1. The third-order valence-electron chi connectivity index (χ3n) is 3.20. The predicted octanol–water partition coefficient (Wildman–Crippen LogP) is 2.41. The first-order chi connectivity index (χ1) is 8.99. The van der Waals surface area contributed by atoms with Gasteiger partial charge in [0.2, 0.25) is 0 Å². The van der Waals surface area contributed by atoms with E-state index in [4.69, 9.17) is 5.73 Å². The lowest BCUT2D eigenvalue weighted by molar-refractivity contribution is 0.0949. The van der Waals surface area contributed by atoms with E-state index in [-0.39, 0.29) is 5.91 Å². The molecule has 3 N–H and O–H groups in total. The van der Waals surface area contributed by atoms with E-state index in [1.54, 1.807) is 6.07 Å². The second kappa shape index (κ2) is 7.50. The largest absolute Gasteiger partial charge is 0.398 e. The van der Waals surface area contributed by atoms with Crippen LogP contribution in [0.3, 0.4) is 0 Å². The lowest BCUT2D eigenvalue weighted by atomic mass is 10.1. The molecule has 4 nitrogen and oxygen atoms in total. The standard InChI is InChI=1S/C14H22BrN3O/c1-4-18(5-2)7-6-17-14(19)12-9-11(15)8-10(3)13(12)16/h8-9H,4-7,16H2,1-3H3,(H,17,19). The zero-order chi connectivity index (χ0) is 14.4. The number of carbonyl (C=O) groups is 1. The van der Waals surface area contributed by atoms with Gasteiger partial charge in [0.25, 0.3) is 5.91 Å². The molecule has 0 aromatic heterocycles. The number of rotatable bonds is 6. The smallest absolute Gasteiger partial charge is 0.253 e. The second-order valence-electron chi connectivity index (χ2n) is 4.47. The molecule has 0 aliphatic carbocycles. The summed E-state index contributed by atoms with van der Waals surface area (Å²) in [5.41, 5.74) is 7.93. The molecule has 0 heterocycles. The molecule has 0 atom stereocenters. The Labute approximate surface area is 123 Å². The second-order valence-corrected chi connectivity index (χ2v) is 5.38. The molecule has 106 valence electrons. The third kappa shape index (κ3) is 4.51. The zero-order valence-electron chi connectivity index (χ0n) is 11.8. The van der Waals surface area contributed by atoms with Crippen molar-refractivity contribution in [3.05, 3.63) is 27.7 Å². The summed E-state index contributed by atoms with van der Waals surface area (Å²) in [4.78, 5) is 14.4. The van der Waals surface area contributed by atoms with E-state index in [0.717, 1.165) is 29.7 Å². The van der Waals surface area contributed by atoms with E-state index in [0.29, 0.717) is 17.8 Å². The van der Waals surface area contributed by atoms with Crippen LogP contribution in [0.1, 0.15) is 29.8 Å². The minimum Gasteiger partial charge on any atom is -0.398 e. The van der Waals surface area contributed by atoms with Crippen molar-refractivity contribution in [3.63, 3.8) is 0 Å². The van der Waals surface area contributed by atoms with E-state index >= 15 is 0 Å². The maximum atomic E-state index is 12.1. The minimum absolute atomic E-state index is 0.117. The SMILES string of the molecule is CCN(CC)CCNC(=O)c1cc(Br)cc(C)c1N. The van der Waals surface area contributed by atoms with Gasteiger partial charge in [-0.1, -0.05) is 29.8 Å². The highest BCUT2D eigenvalue weighted by Gasteiger charge is 2.12. The van der Waals surface area contributed by atoms with Gasteiger partial charge in [-0.05, 0) is 37.7 Å². The Hall–Kier alpha value is -1.07. The van der Waals surface area contributed by atoms with Gasteiger partial charge in [0.05, 0.1) is 5.56 Å². The summed E-state index contributed by atoms with van der Waals surface area (Å²) >= 11 is 3.39. The Morgan fingerprint density at radius 3 is 2.58 bits per heavy atom. The van der Waals surface area contributed by atoms with Crippen molar-refractivity contribution in [1.82, 2.24) is 10.2 Å². The van der Waals surface area contributed by atoms with Crippen LogP contribution in [-0.4, -0.2) is 37.0 Å². The van der Waals surface area contributed by atoms with Crippen LogP contribution in [-0.2, 0) is 0 Å². The maximum absolute atomic E-state index is 12.1. The van der Waals surface area contributed by atoms with Gasteiger partial charge >= 0.3 is 0 Å². The van der Waals surface area contributed by atoms with Crippen LogP contribution in [0.4, 0.5) is 5.69 Å². The summed E-state index contributed by atoms with van der Waals surface area (Å²) in [6, 6.07) is 3.66. The van der Waals surface area contributed by atoms with E-state index in [9.17, 15) is 4.79 Å². The van der Waals surface area contributed by atoms with Crippen molar-refractivity contribution in [2.75, 3.05) is 31.9 Å². The Kier molecular flexibility index (Phi) is 6.31. The Bertz CT molecular complexity index is 445. The van der Waals surface area contributed by atoms with E-state index < -0.39 is 0 Å². The first kappa shape index (κ1) is 16.0. The summed E-state index contributed by atoms with van der Waals surface area (Å²) in [6.07, 6.45) is 0. The van der Waals surface area contributed by atoms with Gasteiger partial charge in [0, 0.05) is 23.2 Å². The van der Waals surface area contributed by atoms with Gasteiger partial charge in [-0.25, -0.2) is 0 Å². The summed E-state index contributed by atoms with van der Waals surface area (Å²) in [7, 11) is 0. The van der Waals surface area contributed by atoms with Crippen LogP contribution in [0.15, 0.2) is 16.6 Å². The molecule has 0 bridgehead atoms. The number of amides is 1. The molecule has 5 heteroatoms. The normalized spacial score (nSPS) is 10.8. The predicted molar refractivity (Wildman–Crippen MR) is 83.4 cm³/mol. The third-order valence-corrected chi connectivity index (χ3v) is 3.66. The van der Waals surface area contributed by atoms with Crippen LogP contribution in [0.25, 0.3) is 0 Å². The summed E-state index contributed by atoms with van der Waals surface area (Å²) < 4.78 is 0.869. The van der Waals surface area contributed by atoms with Crippen molar-refractivity contribution in [3.8, 4) is 0 Å². The molecule has 0 aliphatic rings. The minimum atomic E-state index is -0.117. The van der Waals surface area contributed by atoms with E-state index in [1.807, 2.05) is 13.0 Å². The monoisotopic (exact) mass is 327 g/mol. The van der Waals surface area contributed by atoms with E-state index in [2.05, 4.69) is 40.0 Å². The number of aryl methyl sites for hydroxylation is 1. The highest BCUT2D eigenvalue weighted by molar-refractivity contribution is 9.10. The van der Waals surface area contributed by atoms with Gasteiger partial charge in [-0.3, -0.25) is 4.79 Å². The Morgan fingerprint density at radius 1 is 1.37 bits per heavy atom. The number of carbonyl (C=O) groups excluding carboxylic acids is 1. The average molecular weight is 328 g/mol. The number of nitrogens with two attached hydrogens (primary N) is 1. The highest BCUT2D eigenvalue weighted by Crippen LogP contribution is 2.22. The van der Waals surface area contributed by atoms with Gasteiger partial charge in [-0.15, -0.1) is 0 Å². The maximum Gasteiger partial charge on any atom is 0.253 e. The molecule has 1 amide bonds. The molecule has 0 saturated heterocycles. The van der Waals surface area contributed by atoms with Crippen LogP contribution in [0.2, 0.25) is 0 Å². The average Bonchev–Trinajstić information content (AvgIpc) is 2.38. The molecular weight excluding hydrogens is 306 g/mol. The topological polar surface area (TPSA) is 58.4 Å². The summed E-state index contributed by atoms with van der Waals surface area (Å²) in [6.45, 7) is 9.58. The molecule has 1 aromatic carbocycles. The lowest BCUT2D eigenvalue weighted by Gasteiger charge is -2.18. The van der Waals surface area contributed by atoms with Crippen molar-refractivity contribution >= 4 is 27.5 Å². The van der Waals surface area contributed by atoms with Crippen molar-refractivity contribution in [2.24, 2.45) is 0 Å². The number of hydrogen-bond acceptors (Lipinski definition) is 3. The first-order valence-electron chi connectivity index (χ1n) is 6.55. The molecule has 0 saturated carbocycles. The fraction of sp³-hybridized carbons (Fsp3) is 0.500. The number of benzene rings is 1.